The van der Waals surface area contributed by atoms with Gasteiger partial charge < -0.3 is 14.2 Å². The van der Waals surface area contributed by atoms with E-state index >= 15 is 0 Å². The zero-order chi connectivity index (χ0) is 21.8. The minimum atomic E-state index is -0.209. The Labute approximate surface area is 181 Å². The van der Waals surface area contributed by atoms with Gasteiger partial charge in [0.05, 0.1) is 27.0 Å². The van der Waals surface area contributed by atoms with Crippen LogP contribution in [0.4, 0.5) is 5.69 Å². The molecule has 6 heteroatoms. The van der Waals surface area contributed by atoms with Gasteiger partial charge in [-0.15, -0.1) is 0 Å². The Bertz CT molecular complexity index is 1150. The lowest BCUT2D eigenvalue weighted by molar-refractivity contribution is -0.113. The van der Waals surface area contributed by atoms with Gasteiger partial charge in [0.2, 0.25) is 0 Å². The van der Waals surface area contributed by atoms with Crippen LogP contribution in [-0.2, 0) is 4.79 Å². The van der Waals surface area contributed by atoms with Gasteiger partial charge in [0.15, 0.2) is 0 Å². The number of amidine groups is 1. The van der Waals surface area contributed by atoms with Crippen molar-refractivity contribution in [3.8, 4) is 17.2 Å². The second-order valence-electron chi connectivity index (χ2n) is 6.81. The Kier molecular flexibility index (Phi) is 5.71. The number of hydrogen-bond acceptors (Lipinski definition) is 5. The molecule has 1 aliphatic rings. The zero-order valence-electron chi connectivity index (χ0n) is 17.5. The van der Waals surface area contributed by atoms with Crippen molar-refractivity contribution in [2.24, 2.45) is 4.99 Å². The average Bonchev–Trinajstić information content (AvgIpc) is 3.15. The maximum absolute atomic E-state index is 13.4. The Morgan fingerprint density at radius 2 is 1.39 bits per heavy atom. The number of carbonyl (C=O) groups is 1. The molecule has 0 spiro atoms. The summed E-state index contributed by atoms with van der Waals surface area (Å²) >= 11 is 0. The topological polar surface area (TPSA) is 60.4 Å². The van der Waals surface area contributed by atoms with Crippen molar-refractivity contribution in [2.75, 3.05) is 26.2 Å². The molecule has 1 heterocycles. The van der Waals surface area contributed by atoms with E-state index in [1.807, 2.05) is 72.8 Å². The summed E-state index contributed by atoms with van der Waals surface area (Å²) in [5, 5.41) is 0. The fourth-order valence-corrected chi connectivity index (χ4v) is 3.31. The first kappa shape index (κ1) is 20.2. The molecule has 156 valence electrons. The Morgan fingerprint density at radius 3 is 2.00 bits per heavy atom. The third kappa shape index (κ3) is 4.14. The van der Waals surface area contributed by atoms with Gasteiger partial charge in [-0.05, 0) is 72.3 Å². The van der Waals surface area contributed by atoms with Crippen LogP contribution in [0.15, 0.2) is 83.5 Å². The Balaban J connectivity index is 1.79. The molecule has 0 aromatic heterocycles. The summed E-state index contributed by atoms with van der Waals surface area (Å²) < 4.78 is 15.8. The standard InChI is InChI=1S/C25H22N2O4/c1-29-20-11-7-18(8-12-20)24-26-23(16-17-5-4-6-22(15-17)31-3)25(28)27(24)19-9-13-21(30-2)14-10-19/h4-16H,1-3H3/b23-16+. The van der Waals surface area contributed by atoms with Crippen molar-refractivity contribution < 1.29 is 19.0 Å². The van der Waals surface area contributed by atoms with Crippen molar-refractivity contribution in [1.29, 1.82) is 0 Å². The lowest BCUT2D eigenvalue weighted by Crippen LogP contribution is -2.32. The van der Waals surface area contributed by atoms with Gasteiger partial charge in [0, 0.05) is 5.56 Å². The maximum Gasteiger partial charge on any atom is 0.282 e. The van der Waals surface area contributed by atoms with Gasteiger partial charge >= 0.3 is 0 Å². The lowest BCUT2D eigenvalue weighted by Gasteiger charge is -2.19. The quantitative estimate of drug-likeness (QED) is 0.556. The molecule has 0 aliphatic carbocycles. The molecule has 3 aromatic rings. The third-order valence-electron chi connectivity index (χ3n) is 4.94. The molecule has 0 bridgehead atoms. The van der Waals surface area contributed by atoms with Crippen LogP contribution in [0, 0.1) is 0 Å². The second-order valence-corrected chi connectivity index (χ2v) is 6.81. The highest BCUT2D eigenvalue weighted by atomic mass is 16.5. The van der Waals surface area contributed by atoms with Gasteiger partial charge in [-0.25, -0.2) is 4.99 Å². The largest absolute Gasteiger partial charge is 0.497 e. The van der Waals surface area contributed by atoms with Crippen LogP contribution in [-0.4, -0.2) is 33.1 Å². The molecule has 0 unspecified atom stereocenters. The van der Waals surface area contributed by atoms with E-state index in [1.165, 1.54) is 0 Å². The average molecular weight is 414 g/mol. The van der Waals surface area contributed by atoms with E-state index < -0.39 is 0 Å². The van der Waals surface area contributed by atoms with Gasteiger partial charge in [0.1, 0.15) is 28.8 Å². The molecule has 31 heavy (non-hydrogen) atoms. The molecule has 0 radical (unpaired) electrons. The highest BCUT2D eigenvalue weighted by Crippen LogP contribution is 2.30. The van der Waals surface area contributed by atoms with Crippen LogP contribution >= 0.6 is 0 Å². The summed E-state index contributed by atoms with van der Waals surface area (Å²) in [6, 6.07) is 22.3. The highest BCUT2D eigenvalue weighted by molar-refractivity contribution is 6.33. The number of amides is 1. The number of anilines is 1. The Hall–Kier alpha value is -4.06. The first-order valence-electron chi connectivity index (χ1n) is 9.70. The summed E-state index contributed by atoms with van der Waals surface area (Å²) in [5.74, 6) is 2.50. The number of carbonyl (C=O) groups excluding carboxylic acids is 1. The molecular formula is C25H22N2O4. The summed E-state index contributed by atoms with van der Waals surface area (Å²) in [5.41, 5.74) is 2.68. The van der Waals surface area contributed by atoms with E-state index in [2.05, 4.69) is 4.99 Å². The van der Waals surface area contributed by atoms with Crippen molar-refractivity contribution in [2.45, 2.75) is 0 Å². The van der Waals surface area contributed by atoms with Crippen LogP contribution < -0.4 is 19.1 Å². The number of ether oxygens (including phenoxy) is 3. The van der Waals surface area contributed by atoms with E-state index in [1.54, 1.807) is 32.3 Å². The predicted octanol–water partition coefficient (Wildman–Crippen LogP) is 4.55. The van der Waals surface area contributed by atoms with Gasteiger partial charge in [0.25, 0.3) is 5.91 Å². The maximum atomic E-state index is 13.4. The van der Waals surface area contributed by atoms with Crippen LogP contribution in [0.2, 0.25) is 0 Å². The minimum absolute atomic E-state index is 0.209. The van der Waals surface area contributed by atoms with Crippen LogP contribution in [0.5, 0.6) is 17.2 Å². The Morgan fingerprint density at radius 1 is 0.774 bits per heavy atom. The number of benzene rings is 3. The van der Waals surface area contributed by atoms with Crippen LogP contribution in [0.25, 0.3) is 6.08 Å². The van der Waals surface area contributed by atoms with Crippen molar-refractivity contribution in [1.82, 2.24) is 0 Å². The van der Waals surface area contributed by atoms with Crippen molar-refractivity contribution in [3.05, 3.63) is 89.6 Å². The van der Waals surface area contributed by atoms with Crippen molar-refractivity contribution in [3.63, 3.8) is 0 Å². The van der Waals surface area contributed by atoms with E-state index in [9.17, 15) is 4.79 Å². The van der Waals surface area contributed by atoms with Gasteiger partial charge in [-0.2, -0.15) is 0 Å². The molecule has 1 aliphatic heterocycles. The fourth-order valence-electron chi connectivity index (χ4n) is 3.31. The predicted molar refractivity (Wildman–Crippen MR) is 121 cm³/mol. The summed E-state index contributed by atoms with van der Waals surface area (Å²) in [6.07, 6.45) is 1.76. The van der Waals surface area contributed by atoms with E-state index in [-0.39, 0.29) is 5.91 Å². The molecular weight excluding hydrogens is 392 g/mol. The highest BCUT2D eigenvalue weighted by Gasteiger charge is 2.32. The lowest BCUT2D eigenvalue weighted by atomic mass is 10.1. The number of aliphatic imine (C=N–C) groups is 1. The molecule has 0 fully saturated rings. The molecule has 0 atom stereocenters. The summed E-state index contributed by atoms with van der Waals surface area (Å²) in [6.45, 7) is 0. The number of methoxy groups -OCH3 is 3. The van der Waals surface area contributed by atoms with E-state index in [0.717, 1.165) is 16.9 Å². The number of hydrogen-bond donors (Lipinski definition) is 0. The second kappa shape index (κ2) is 8.75. The minimum Gasteiger partial charge on any atom is -0.497 e. The molecule has 1 amide bonds. The van der Waals surface area contributed by atoms with Crippen LogP contribution in [0.1, 0.15) is 11.1 Å². The van der Waals surface area contributed by atoms with Crippen LogP contribution in [0.3, 0.4) is 0 Å². The van der Waals surface area contributed by atoms with Gasteiger partial charge in [-0.1, -0.05) is 12.1 Å². The smallest absolute Gasteiger partial charge is 0.282 e. The monoisotopic (exact) mass is 414 g/mol. The molecule has 0 saturated carbocycles. The summed E-state index contributed by atoms with van der Waals surface area (Å²) in [7, 11) is 4.83. The molecule has 6 nitrogen and oxygen atoms in total. The number of nitrogens with zero attached hydrogens (tertiary/aromatic N) is 2. The molecule has 4 rings (SSSR count). The zero-order valence-corrected chi connectivity index (χ0v) is 17.5. The van der Waals surface area contributed by atoms with E-state index in [0.29, 0.717) is 28.7 Å². The fraction of sp³-hybridized carbons (Fsp3) is 0.120. The first-order chi connectivity index (χ1) is 15.1. The third-order valence-corrected chi connectivity index (χ3v) is 4.94. The SMILES string of the molecule is COc1ccc(C2=N/C(=C/c3cccc(OC)c3)C(=O)N2c2ccc(OC)cc2)cc1. The van der Waals surface area contributed by atoms with E-state index in [4.69, 9.17) is 14.2 Å². The summed E-state index contributed by atoms with van der Waals surface area (Å²) in [4.78, 5) is 19.7. The first-order valence-corrected chi connectivity index (χ1v) is 9.70. The normalized spacial score (nSPS) is 14.5. The van der Waals surface area contributed by atoms with Gasteiger partial charge in [-0.3, -0.25) is 9.69 Å². The molecule has 0 saturated heterocycles. The van der Waals surface area contributed by atoms with Crippen molar-refractivity contribution >= 4 is 23.5 Å². The molecule has 3 aromatic carbocycles. The molecule has 0 N–H and O–H groups in total. The number of rotatable bonds is 6.